The molecule has 0 radical (unpaired) electrons. The van der Waals surface area contributed by atoms with Crippen molar-refractivity contribution >= 4 is 15.9 Å². The Kier molecular flexibility index (Phi) is 5.17. The fourth-order valence-electron chi connectivity index (χ4n) is 2.58. The molecule has 0 aliphatic carbocycles. The normalized spacial score (nSPS) is 12.7. The summed E-state index contributed by atoms with van der Waals surface area (Å²) >= 11 is 3.39. The first-order valence-corrected chi connectivity index (χ1v) is 7.86. The number of benzene rings is 1. The zero-order valence-electron chi connectivity index (χ0n) is 12.7. The maximum atomic E-state index is 13.1. The number of aryl methyl sites for hydroxylation is 2. The average molecular weight is 354 g/mol. The topological polar surface area (TPSA) is 43.8 Å². The minimum absolute atomic E-state index is 0.0470. The number of nitrogens with two attached hydrogens (primary N) is 1. The zero-order valence-corrected chi connectivity index (χ0v) is 14.2. The average Bonchev–Trinajstić information content (AvgIpc) is 2.65. The van der Waals surface area contributed by atoms with Crippen molar-refractivity contribution in [3.8, 4) is 0 Å². The summed E-state index contributed by atoms with van der Waals surface area (Å²) in [6.07, 6.45) is 2.54. The molecule has 2 N–H and O–H groups in total. The third-order valence-electron chi connectivity index (χ3n) is 3.92. The molecule has 21 heavy (non-hydrogen) atoms. The predicted molar refractivity (Wildman–Crippen MR) is 86.8 cm³/mol. The standard InChI is InChI=1S/C16H21BrFN3/c1-10-15(11(2)21(3)20-10)7-6-14(19)8-12-4-5-13(18)9-16(12)17/h4-5,9,14H,6-8,19H2,1-3H3. The van der Waals surface area contributed by atoms with E-state index in [1.165, 1.54) is 23.4 Å². The molecule has 1 aromatic carbocycles. The number of halogens is 2. The van der Waals surface area contributed by atoms with Crippen LogP contribution in [0.15, 0.2) is 22.7 Å². The first kappa shape index (κ1) is 16.2. The summed E-state index contributed by atoms with van der Waals surface area (Å²) in [6.45, 7) is 4.11. The molecule has 2 rings (SSSR count). The number of hydrogen-bond acceptors (Lipinski definition) is 2. The minimum atomic E-state index is -0.235. The van der Waals surface area contributed by atoms with Crippen LogP contribution in [0.1, 0.15) is 28.9 Å². The van der Waals surface area contributed by atoms with E-state index >= 15 is 0 Å². The highest BCUT2D eigenvalue weighted by Gasteiger charge is 2.13. The number of hydrogen-bond donors (Lipinski definition) is 1. The molecular weight excluding hydrogens is 333 g/mol. The van der Waals surface area contributed by atoms with E-state index in [1.807, 2.05) is 18.7 Å². The molecule has 0 aliphatic rings. The van der Waals surface area contributed by atoms with Crippen molar-refractivity contribution < 1.29 is 4.39 Å². The van der Waals surface area contributed by atoms with Gasteiger partial charge in [0.25, 0.3) is 0 Å². The van der Waals surface area contributed by atoms with Gasteiger partial charge in [-0.2, -0.15) is 5.10 Å². The second-order valence-corrected chi connectivity index (χ2v) is 6.37. The minimum Gasteiger partial charge on any atom is -0.327 e. The van der Waals surface area contributed by atoms with Crippen LogP contribution in [0.2, 0.25) is 0 Å². The SMILES string of the molecule is Cc1nn(C)c(C)c1CCC(N)Cc1ccc(F)cc1Br. The van der Waals surface area contributed by atoms with Gasteiger partial charge >= 0.3 is 0 Å². The van der Waals surface area contributed by atoms with E-state index in [1.54, 1.807) is 6.07 Å². The summed E-state index contributed by atoms with van der Waals surface area (Å²) < 4.78 is 15.8. The third-order valence-corrected chi connectivity index (χ3v) is 4.66. The van der Waals surface area contributed by atoms with Crippen molar-refractivity contribution in [1.82, 2.24) is 9.78 Å². The molecule has 1 unspecified atom stereocenters. The van der Waals surface area contributed by atoms with Gasteiger partial charge in [-0.3, -0.25) is 4.68 Å². The van der Waals surface area contributed by atoms with Crippen LogP contribution in [-0.4, -0.2) is 15.8 Å². The Morgan fingerprint density at radius 2 is 2.10 bits per heavy atom. The third kappa shape index (κ3) is 3.92. The quantitative estimate of drug-likeness (QED) is 0.894. The lowest BCUT2D eigenvalue weighted by Gasteiger charge is -2.13. The van der Waals surface area contributed by atoms with E-state index in [0.29, 0.717) is 0 Å². The summed E-state index contributed by atoms with van der Waals surface area (Å²) in [5.41, 5.74) is 10.8. The van der Waals surface area contributed by atoms with Crippen LogP contribution in [0.4, 0.5) is 4.39 Å². The van der Waals surface area contributed by atoms with Crippen LogP contribution in [0.5, 0.6) is 0 Å². The summed E-state index contributed by atoms with van der Waals surface area (Å²) in [7, 11) is 1.96. The van der Waals surface area contributed by atoms with E-state index in [9.17, 15) is 4.39 Å². The van der Waals surface area contributed by atoms with Gasteiger partial charge in [-0.05, 0) is 56.4 Å². The van der Waals surface area contributed by atoms with Gasteiger partial charge in [0.05, 0.1) is 5.69 Å². The van der Waals surface area contributed by atoms with Gasteiger partial charge in [0.1, 0.15) is 5.82 Å². The Morgan fingerprint density at radius 1 is 1.38 bits per heavy atom. The second kappa shape index (κ2) is 6.71. The molecule has 5 heteroatoms. The Labute approximate surface area is 133 Å². The van der Waals surface area contributed by atoms with E-state index in [2.05, 4.69) is 28.0 Å². The van der Waals surface area contributed by atoms with Crippen molar-refractivity contribution in [3.05, 3.63) is 51.0 Å². The predicted octanol–water partition coefficient (Wildman–Crippen LogP) is 3.44. The highest BCUT2D eigenvalue weighted by atomic mass is 79.9. The van der Waals surface area contributed by atoms with Gasteiger partial charge in [0, 0.05) is 23.3 Å². The lowest BCUT2D eigenvalue weighted by atomic mass is 9.99. The highest BCUT2D eigenvalue weighted by molar-refractivity contribution is 9.10. The molecule has 2 aromatic rings. The molecule has 114 valence electrons. The first-order valence-electron chi connectivity index (χ1n) is 7.07. The van der Waals surface area contributed by atoms with Gasteiger partial charge in [0.2, 0.25) is 0 Å². The molecule has 0 amide bonds. The summed E-state index contributed by atoms with van der Waals surface area (Å²) in [6, 6.07) is 4.80. The number of aromatic nitrogens is 2. The lowest BCUT2D eigenvalue weighted by Crippen LogP contribution is -2.24. The van der Waals surface area contributed by atoms with Crippen molar-refractivity contribution in [2.75, 3.05) is 0 Å². The van der Waals surface area contributed by atoms with Crippen molar-refractivity contribution in [2.45, 2.75) is 39.2 Å². The highest BCUT2D eigenvalue weighted by Crippen LogP contribution is 2.21. The van der Waals surface area contributed by atoms with E-state index < -0.39 is 0 Å². The van der Waals surface area contributed by atoms with Gasteiger partial charge in [-0.25, -0.2) is 4.39 Å². The molecule has 1 heterocycles. The zero-order chi connectivity index (χ0) is 15.6. The molecule has 0 fully saturated rings. The molecule has 1 atom stereocenters. The molecule has 1 aromatic heterocycles. The van der Waals surface area contributed by atoms with Gasteiger partial charge < -0.3 is 5.73 Å². The Balaban J connectivity index is 1.97. The summed E-state index contributed by atoms with van der Waals surface area (Å²) in [5, 5.41) is 4.42. The maximum Gasteiger partial charge on any atom is 0.124 e. The maximum absolute atomic E-state index is 13.1. The van der Waals surface area contributed by atoms with Crippen molar-refractivity contribution in [2.24, 2.45) is 12.8 Å². The van der Waals surface area contributed by atoms with Crippen LogP contribution in [0.3, 0.4) is 0 Å². The van der Waals surface area contributed by atoms with E-state index in [4.69, 9.17) is 5.73 Å². The van der Waals surface area contributed by atoms with Crippen LogP contribution in [0.25, 0.3) is 0 Å². The van der Waals surface area contributed by atoms with Crippen molar-refractivity contribution in [1.29, 1.82) is 0 Å². The van der Waals surface area contributed by atoms with Crippen LogP contribution >= 0.6 is 15.9 Å². The second-order valence-electron chi connectivity index (χ2n) is 5.51. The molecule has 0 saturated carbocycles. The molecule has 0 bridgehead atoms. The molecular formula is C16H21BrFN3. The van der Waals surface area contributed by atoms with Crippen LogP contribution in [-0.2, 0) is 19.9 Å². The van der Waals surface area contributed by atoms with Crippen LogP contribution < -0.4 is 5.73 Å². The lowest BCUT2D eigenvalue weighted by molar-refractivity contribution is 0.601. The Morgan fingerprint density at radius 3 is 2.67 bits per heavy atom. The largest absolute Gasteiger partial charge is 0.327 e. The number of rotatable bonds is 5. The monoisotopic (exact) mass is 353 g/mol. The Bertz CT molecular complexity index is 637. The molecule has 0 aliphatic heterocycles. The molecule has 0 spiro atoms. The van der Waals surface area contributed by atoms with Gasteiger partial charge in [0.15, 0.2) is 0 Å². The summed E-state index contributed by atoms with van der Waals surface area (Å²) in [5.74, 6) is -0.235. The first-order chi connectivity index (χ1) is 9.88. The number of nitrogens with zero attached hydrogens (tertiary/aromatic N) is 2. The van der Waals surface area contributed by atoms with Gasteiger partial charge in [-0.1, -0.05) is 22.0 Å². The van der Waals surface area contributed by atoms with E-state index in [0.717, 1.165) is 35.0 Å². The fraction of sp³-hybridized carbons (Fsp3) is 0.438. The Hall–Kier alpha value is -1.20. The smallest absolute Gasteiger partial charge is 0.124 e. The van der Waals surface area contributed by atoms with E-state index in [-0.39, 0.29) is 11.9 Å². The fourth-order valence-corrected chi connectivity index (χ4v) is 3.09. The van der Waals surface area contributed by atoms with Crippen LogP contribution in [0, 0.1) is 19.7 Å². The summed E-state index contributed by atoms with van der Waals surface area (Å²) in [4.78, 5) is 0. The molecule has 0 saturated heterocycles. The van der Waals surface area contributed by atoms with Crippen molar-refractivity contribution in [3.63, 3.8) is 0 Å². The molecule has 3 nitrogen and oxygen atoms in total. The van der Waals surface area contributed by atoms with Gasteiger partial charge in [-0.15, -0.1) is 0 Å².